The third-order valence-corrected chi connectivity index (χ3v) is 4.41. The molecule has 1 aromatic rings. The van der Waals surface area contributed by atoms with Crippen LogP contribution in [-0.4, -0.2) is 34.3 Å². The molecule has 1 N–H and O–H groups in total. The molecule has 1 aromatic heterocycles. The summed E-state index contributed by atoms with van der Waals surface area (Å²) in [5.74, 6) is 0.850. The molecule has 1 aliphatic carbocycles. The van der Waals surface area contributed by atoms with Crippen LogP contribution in [0.1, 0.15) is 44.4 Å². The molecular weight excluding hydrogens is 238 g/mol. The third-order valence-electron chi connectivity index (χ3n) is 4.41. The Morgan fingerprint density at radius 3 is 2.79 bits per heavy atom. The summed E-state index contributed by atoms with van der Waals surface area (Å²) in [6.45, 7) is 6.36. The van der Waals surface area contributed by atoms with E-state index in [9.17, 15) is 5.11 Å². The van der Waals surface area contributed by atoms with E-state index in [0.29, 0.717) is 5.41 Å². The van der Waals surface area contributed by atoms with E-state index >= 15 is 0 Å². The van der Waals surface area contributed by atoms with Gasteiger partial charge in [0.1, 0.15) is 0 Å². The van der Waals surface area contributed by atoms with E-state index in [1.807, 2.05) is 6.20 Å². The molecular formula is C15H23N3O. The number of piperidine rings is 1. The number of hydrogen-bond acceptors (Lipinski definition) is 4. The number of hydrogen-bond donors (Lipinski definition) is 1. The van der Waals surface area contributed by atoms with Gasteiger partial charge in [0.05, 0.1) is 6.10 Å². The van der Waals surface area contributed by atoms with Crippen molar-refractivity contribution >= 4 is 5.95 Å². The second-order valence-electron chi connectivity index (χ2n) is 6.70. The molecule has 104 valence electrons. The van der Waals surface area contributed by atoms with Crippen LogP contribution in [0, 0.1) is 5.41 Å². The maximum absolute atomic E-state index is 9.57. The van der Waals surface area contributed by atoms with Crippen LogP contribution >= 0.6 is 0 Å². The Morgan fingerprint density at radius 2 is 2.05 bits per heavy atom. The van der Waals surface area contributed by atoms with Gasteiger partial charge in [-0.1, -0.05) is 13.8 Å². The lowest BCUT2D eigenvalue weighted by Gasteiger charge is -2.33. The average Bonchev–Trinajstić information content (AvgIpc) is 2.37. The van der Waals surface area contributed by atoms with Crippen LogP contribution in [0.3, 0.4) is 0 Å². The molecule has 1 fully saturated rings. The van der Waals surface area contributed by atoms with Gasteiger partial charge >= 0.3 is 0 Å². The Balaban J connectivity index is 1.81. The number of nitrogens with zero attached hydrogens (tertiary/aromatic N) is 3. The van der Waals surface area contributed by atoms with E-state index in [4.69, 9.17) is 4.98 Å². The molecule has 2 heterocycles. The van der Waals surface area contributed by atoms with E-state index in [1.165, 1.54) is 17.7 Å². The standard InChI is InChI=1S/C15H23N3O/c1-15(2)6-3-11-10-16-14(17-13(11)9-15)18-7-4-12(19)5-8-18/h10,12,19H,3-9H2,1-2H3. The van der Waals surface area contributed by atoms with Gasteiger partial charge in [-0.05, 0) is 43.1 Å². The molecule has 4 heteroatoms. The summed E-state index contributed by atoms with van der Waals surface area (Å²) in [4.78, 5) is 11.5. The maximum Gasteiger partial charge on any atom is 0.225 e. The van der Waals surface area contributed by atoms with Gasteiger partial charge in [0.2, 0.25) is 5.95 Å². The molecule has 0 saturated carbocycles. The third kappa shape index (κ3) is 2.73. The van der Waals surface area contributed by atoms with Crippen molar-refractivity contribution in [2.45, 2.75) is 52.1 Å². The quantitative estimate of drug-likeness (QED) is 0.839. The number of rotatable bonds is 1. The Hall–Kier alpha value is -1.16. The molecule has 19 heavy (non-hydrogen) atoms. The minimum atomic E-state index is -0.146. The molecule has 1 aliphatic heterocycles. The maximum atomic E-state index is 9.57. The van der Waals surface area contributed by atoms with Crippen molar-refractivity contribution in [2.24, 2.45) is 5.41 Å². The molecule has 0 unspecified atom stereocenters. The fourth-order valence-corrected chi connectivity index (χ4v) is 3.03. The lowest BCUT2D eigenvalue weighted by molar-refractivity contribution is 0.145. The van der Waals surface area contributed by atoms with E-state index < -0.39 is 0 Å². The molecule has 1 saturated heterocycles. The summed E-state index contributed by atoms with van der Waals surface area (Å²) in [6.07, 6.45) is 6.89. The average molecular weight is 261 g/mol. The highest BCUT2D eigenvalue weighted by Crippen LogP contribution is 2.34. The molecule has 4 nitrogen and oxygen atoms in total. The Morgan fingerprint density at radius 1 is 1.32 bits per heavy atom. The lowest BCUT2D eigenvalue weighted by Crippen LogP contribution is -2.37. The molecule has 0 bridgehead atoms. The second-order valence-corrected chi connectivity index (χ2v) is 6.70. The van der Waals surface area contributed by atoms with Crippen molar-refractivity contribution in [2.75, 3.05) is 18.0 Å². The smallest absolute Gasteiger partial charge is 0.225 e. The van der Waals surface area contributed by atoms with E-state index in [2.05, 4.69) is 23.7 Å². The van der Waals surface area contributed by atoms with Crippen LogP contribution in [-0.2, 0) is 12.8 Å². The first-order valence-electron chi connectivity index (χ1n) is 7.31. The van der Waals surface area contributed by atoms with E-state index in [0.717, 1.165) is 44.7 Å². The summed E-state index contributed by atoms with van der Waals surface area (Å²) in [5.41, 5.74) is 2.91. The zero-order chi connectivity index (χ0) is 13.5. The van der Waals surface area contributed by atoms with Crippen molar-refractivity contribution in [1.82, 2.24) is 9.97 Å². The Bertz CT molecular complexity index is 464. The first-order chi connectivity index (χ1) is 9.03. The number of fused-ring (bicyclic) bond motifs is 1. The number of aromatic nitrogens is 2. The first-order valence-corrected chi connectivity index (χ1v) is 7.31. The fraction of sp³-hybridized carbons (Fsp3) is 0.733. The van der Waals surface area contributed by atoms with Gasteiger partial charge in [-0.2, -0.15) is 0 Å². The van der Waals surface area contributed by atoms with Gasteiger partial charge in [0.15, 0.2) is 0 Å². The monoisotopic (exact) mass is 261 g/mol. The largest absolute Gasteiger partial charge is 0.393 e. The van der Waals surface area contributed by atoms with E-state index in [-0.39, 0.29) is 6.10 Å². The van der Waals surface area contributed by atoms with Crippen LogP contribution in [0.15, 0.2) is 6.20 Å². The molecule has 3 rings (SSSR count). The van der Waals surface area contributed by atoms with Gasteiger partial charge in [-0.3, -0.25) is 0 Å². The number of aryl methyl sites for hydroxylation is 1. The number of aliphatic hydroxyl groups excluding tert-OH is 1. The molecule has 0 spiro atoms. The topological polar surface area (TPSA) is 49.2 Å². The van der Waals surface area contributed by atoms with Gasteiger partial charge in [0, 0.05) is 25.0 Å². The van der Waals surface area contributed by atoms with Crippen LogP contribution in [0.25, 0.3) is 0 Å². The summed E-state index contributed by atoms with van der Waals surface area (Å²) < 4.78 is 0. The molecule has 0 atom stereocenters. The molecule has 0 aromatic carbocycles. The van der Waals surface area contributed by atoms with Crippen LogP contribution < -0.4 is 4.90 Å². The summed E-state index contributed by atoms with van der Waals surface area (Å²) in [6, 6.07) is 0. The second kappa shape index (κ2) is 4.75. The van der Waals surface area contributed by atoms with Gasteiger partial charge < -0.3 is 10.0 Å². The molecule has 0 amide bonds. The molecule has 0 radical (unpaired) electrons. The highest BCUT2D eigenvalue weighted by atomic mass is 16.3. The van der Waals surface area contributed by atoms with Crippen molar-refractivity contribution < 1.29 is 5.11 Å². The zero-order valence-corrected chi connectivity index (χ0v) is 11.9. The normalized spacial score (nSPS) is 23.2. The summed E-state index contributed by atoms with van der Waals surface area (Å²) in [5, 5.41) is 9.57. The van der Waals surface area contributed by atoms with Crippen molar-refractivity contribution in [1.29, 1.82) is 0 Å². The van der Waals surface area contributed by atoms with Crippen LogP contribution in [0.5, 0.6) is 0 Å². The van der Waals surface area contributed by atoms with Gasteiger partial charge in [0.25, 0.3) is 0 Å². The van der Waals surface area contributed by atoms with Crippen molar-refractivity contribution in [3.8, 4) is 0 Å². The minimum absolute atomic E-state index is 0.146. The lowest BCUT2D eigenvalue weighted by atomic mass is 9.77. The Labute approximate surface area is 114 Å². The first kappa shape index (κ1) is 12.9. The molecule has 2 aliphatic rings. The SMILES string of the molecule is CC1(C)CCc2cnc(N3CCC(O)CC3)nc2C1. The van der Waals surface area contributed by atoms with Gasteiger partial charge in [-0.15, -0.1) is 0 Å². The predicted molar refractivity (Wildman–Crippen MR) is 75.3 cm³/mol. The Kier molecular flexibility index (Phi) is 3.21. The minimum Gasteiger partial charge on any atom is -0.393 e. The van der Waals surface area contributed by atoms with Crippen LogP contribution in [0.2, 0.25) is 0 Å². The zero-order valence-electron chi connectivity index (χ0n) is 11.9. The van der Waals surface area contributed by atoms with Crippen LogP contribution in [0.4, 0.5) is 5.95 Å². The highest BCUT2D eigenvalue weighted by molar-refractivity contribution is 5.35. The van der Waals surface area contributed by atoms with Crippen molar-refractivity contribution in [3.63, 3.8) is 0 Å². The fourth-order valence-electron chi connectivity index (χ4n) is 3.03. The summed E-state index contributed by atoms with van der Waals surface area (Å²) in [7, 11) is 0. The highest BCUT2D eigenvalue weighted by Gasteiger charge is 2.27. The summed E-state index contributed by atoms with van der Waals surface area (Å²) >= 11 is 0. The van der Waals surface area contributed by atoms with Gasteiger partial charge in [-0.25, -0.2) is 9.97 Å². The van der Waals surface area contributed by atoms with Crippen molar-refractivity contribution in [3.05, 3.63) is 17.5 Å². The number of anilines is 1. The number of aliphatic hydroxyl groups is 1. The predicted octanol–water partition coefficient (Wildman–Crippen LogP) is 1.95. The van der Waals surface area contributed by atoms with E-state index in [1.54, 1.807) is 0 Å².